The minimum Gasteiger partial charge on any atom is -0.151 e. The average Bonchev–Trinajstić information content (AvgIpc) is 2.46. The first-order valence-corrected chi connectivity index (χ1v) is 5.88. The van der Waals surface area contributed by atoms with Gasteiger partial charge in [0.2, 0.25) is 0 Å². The zero-order chi connectivity index (χ0) is 12.2. The number of hydrogen-bond donors (Lipinski definition) is 0. The summed E-state index contributed by atoms with van der Waals surface area (Å²) >= 11 is 0. The molecule has 0 amide bonds. The highest BCUT2D eigenvalue weighted by Crippen LogP contribution is 2.27. The van der Waals surface area contributed by atoms with Crippen LogP contribution in [0.15, 0.2) is 83.0 Å². The standard InChI is InChI=1S/C16H12N2/c1-2-9-14(10-3-1)17-18-16-12-6-8-13-7-4-5-11-15(13)16/h1-12H/b18-17+. The summed E-state index contributed by atoms with van der Waals surface area (Å²) in [5, 5.41) is 10.9. The van der Waals surface area contributed by atoms with E-state index in [-0.39, 0.29) is 0 Å². The van der Waals surface area contributed by atoms with E-state index in [9.17, 15) is 0 Å². The van der Waals surface area contributed by atoms with E-state index in [0.717, 1.165) is 16.8 Å². The second kappa shape index (κ2) is 4.80. The molecule has 0 atom stereocenters. The van der Waals surface area contributed by atoms with Crippen molar-refractivity contribution in [1.29, 1.82) is 0 Å². The molecule has 0 spiro atoms. The zero-order valence-corrected chi connectivity index (χ0v) is 9.82. The first-order valence-electron chi connectivity index (χ1n) is 5.88. The van der Waals surface area contributed by atoms with Gasteiger partial charge in [-0.2, -0.15) is 5.11 Å². The van der Waals surface area contributed by atoms with Gasteiger partial charge in [-0.05, 0) is 23.6 Å². The van der Waals surface area contributed by atoms with Crippen molar-refractivity contribution in [2.24, 2.45) is 10.2 Å². The Morgan fingerprint density at radius 3 is 2.17 bits per heavy atom. The molecule has 3 aromatic rings. The number of benzene rings is 3. The van der Waals surface area contributed by atoms with E-state index >= 15 is 0 Å². The quantitative estimate of drug-likeness (QED) is 0.539. The van der Waals surface area contributed by atoms with E-state index in [1.54, 1.807) is 0 Å². The van der Waals surface area contributed by atoms with E-state index in [1.807, 2.05) is 54.6 Å². The average molecular weight is 232 g/mol. The SMILES string of the molecule is c1ccc(/N=N/c2cccc3ccccc23)cc1. The maximum Gasteiger partial charge on any atom is 0.0935 e. The second-order valence-corrected chi connectivity index (χ2v) is 4.03. The van der Waals surface area contributed by atoms with Gasteiger partial charge in [0.05, 0.1) is 11.4 Å². The minimum absolute atomic E-state index is 0.866. The summed E-state index contributed by atoms with van der Waals surface area (Å²) in [4.78, 5) is 0. The molecule has 0 radical (unpaired) electrons. The summed E-state index contributed by atoms with van der Waals surface area (Å²) in [6, 6.07) is 24.0. The number of rotatable bonds is 2. The molecular formula is C16H12N2. The highest BCUT2D eigenvalue weighted by atomic mass is 15.1. The highest BCUT2D eigenvalue weighted by molar-refractivity contribution is 5.92. The third-order valence-electron chi connectivity index (χ3n) is 2.80. The molecular weight excluding hydrogens is 220 g/mol. The molecule has 0 heterocycles. The first kappa shape index (κ1) is 10.7. The van der Waals surface area contributed by atoms with Gasteiger partial charge in [-0.3, -0.25) is 0 Å². The van der Waals surface area contributed by atoms with Crippen molar-refractivity contribution >= 4 is 22.1 Å². The van der Waals surface area contributed by atoms with Gasteiger partial charge < -0.3 is 0 Å². The van der Waals surface area contributed by atoms with Crippen LogP contribution in [0.4, 0.5) is 11.4 Å². The Kier molecular flexibility index (Phi) is 2.84. The van der Waals surface area contributed by atoms with E-state index < -0.39 is 0 Å². The van der Waals surface area contributed by atoms with Crippen molar-refractivity contribution in [3.05, 3.63) is 72.8 Å². The van der Waals surface area contributed by atoms with Gasteiger partial charge in [0.1, 0.15) is 0 Å². The monoisotopic (exact) mass is 232 g/mol. The fraction of sp³-hybridized carbons (Fsp3) is 0. The summed E-state index contributed by atoms with van der Waals surface area (Å²) in [6.07, 6.45) is 0. The molecule has 0 fully saturated rings. The van der Waals surface area contributed by atoms with Gasteiger partial charge in [0.25, 0.3) is 0 Å². The Morgan fingerprint density at radius 1 is 0.556 bits per heavy atom. The molecule has 2 nitrogen and oxygen atoms in total. The molecule has 3 rings (SSSR count). The molecule has 86 valence electrons. The van der Waals surface area contributed by atoms with Crippen molar-refractivity contribution in [2.45, 2.75) is 0 Å². The third-order valence-corrected chi connectivity index (χ3v) is 2.80. The van der Waals surface area contributed by atoms with Crippen LogP contribution in [-0.2, 0) is 0 Å². The van der Waals surface area contributed by atoms with Crippen molar-refractivity contribution in [1.82, 2.24) is 0 Å². The lowest BCUT2D eigenvalue weighted by Gasteiger charge is -2.00. The number of hydrogen-bond acceptors (Lipinski definition) is 2. The van der Waals surface area contributed by atoms with Crippen molar-refractivity contribution in [3.63, 3.8) is 0 Å². The summed E-state index contributed by atoms with van der Waals surface area (Å²) < 4.78 is 0. The predicted octanol–water partition coefficient (Wildman–Crippen LogP) is 5.26. The summed E-state index contributed by atoms with van der Waals surface area (Å²) in [6.45, 7) is 0. The highest BCUT2D eigenvalue weighted by Gasteiger charge is 1.97. The van der Waals surface area contributed by atoms with Crippen LogP contribution >= 0.6 is 0 Å². The van der Waals surface area contributed by atoms with Gasteiger partial charge in [-0.1, -0.05) is 54.6 Å². The van der Waals surface area contributed by atoms with Crippen LogP contribution in [0.3, 0.4) is 0 Å². The van der Waals surface area contributed by atoms with Crippen LogP contribution in [0.2, 0.25) is 0 Å². The predicted molar refractivity (Wildman–Crippen MR) is 74.6 cm³/mol. The third kappa shape index (κ3) is 2.13. The Hall–Kier alpha value is -2.48. The van der Waals surface area contributed by atoms with E-state index in [1.165, 1.54) is 5.39 Å². The number of fused-ring (bicyclic) bond motifs is 1. The molecule has 0 saturated carbocycles. The fourth-order valence-corrected chi connectivity index (χ4v) is 1.90. The summed E-state index contributed by atoms with van der Waals surface area (Å²) in [7, 11) is 0. The Labute approximate surface area is 106 Å². The van der Waals surface area contributed by atoms with Crippen LogP contribution in [0.1, 0.15) is 0 Å². The zero-order valence-electron chi connectivity index (χ0n) is 9.82. The van der Waals surface area contributed by atoms with Gasteiger partial charge in [0, 0.05) is 5.39 Å². The molecule has 0 aliphatic rings. The number of nitrogens with zero attached hydrogens (tertiary/aromatic N) is 2. The van der Waals surface area contributed by atoms with Crippen LogP contribution in [0, 0.1) is 0 Å². The molecule has 0 N–H and O–H groups in total. The largest absolute Gasteiger partial charge is 0.151 e. The van der Waals surface area contributed by atoms with E-state index in [4.69, 9.17) is 0 Å². The van der Waals surface area contributed by atoms with E-state index in [0.29, 0.717) is 0 Å². The van der Waals surface area contributed by atoms with Crippen molar-refractivity contribution < 1.29 is 0 Å². The van der Waals surface area contributed by atoms with Gasteiger partial charge in [-0.15, -0.1) is 5.11 Å². The maximum absolute atomic E-state index is 4.33. The van der Waals surface area contributed by atoms with Crippen molar-refractivity contribution in [2.75, 3.05) is 0 Å². The Bertz CT molecular complexity index is 682. The van der Waals surface area contributed by atoms with Crippen molar-refractivity contribution in [3.8, 4) is 0 Å². The number of azo groups is 1. The fourth-order valence-electron chi connectivity index (χ4n) is 1.90. The lowest BCUT2D eigenvalue weighted by molar-refractivity contribution is 1.24. The summed E-state index contributed by atoms with van der Waals surface area (Å²) in [5.41, 5.74) is 1.77. The second-order valence-electron chi connectivity index (χ2n) is 4.03. The maximum atomic E-state index is 4.33. The van der Waals surface area contributed by atoms with Crippen LogP contribution in [-0.4, -0.2) is 0 Å². The lowest BCUT2D eigenvalue weighted by atomic mass is 10.1. The Morgan fingerprint density at radius 2 is 1.28 bits per heavy atom. The van der Waals surface area contributed by atoms with Gasteiger partial charge in [-0.25, -0.2) is 0 Å². The minimum atomic E-state index is 0.866. The molecule has 0 aromatic heterocycles. The van der Waals surface area contributed by atoms with Crippen LogP contribution in [0.5, 0.6) is 0 Å². The molecule has 0 unspecified atom stereocenters. The van der Waals surface area contributed by atoms with Crippen LogP contribution in [0.25, 0.3) is 10.8 Å². The Balaban J connectivity index is 2.03. The summed E-state index contributed by atoms with van der Waals surface area (Å²) in [5.74, 6) is 0. The molecule has 18 heavy (non-hydrogen) atoms. The van der Waals surface area contributed by atoms with Gasteiger partial charge in [0.15, 0.2) is 0 Å². The first-order chi connectivity index (χ1) is 8.93. The molecule has 0 aliphatic heterocycles. The van der Waals surface area contributed by atoms with Crippen LogP contribution < -0.4 is 0 Å². The smallest absolute Gasteiger partial charge is 0.0935 e. The molecule has 0 bridgehead atoms. The molecule has 0 saturated heterocycles. The molecule has 3 aromatic carbocycles. The lowest BCUT2D eigenvalue weighted by Crippen LogP contribution is -1.72. The molecule has 0 aliphatic carbocycles. The topological polar surface area (TPSA) is 24.7 Å². The van der Waals surface area contributed by atoms with Gasteiger partial charge >= 0.3 is 0 Å². The molecule has 2 heteroatoms. The van der Waals surface area contributed by atoms with E-state index in [2.05, 4.69) is 28.4 Å². The normalized spacial score (nSPS) is 11.1.